The van der Waals surface area contributed by atoms with Gasteiger partial charge in [0, 0.05) is 24.0 Å². The van der Waals surface area contributed by atoms with E-state index in [1.165, 1.54) is 0 Å². The molecule has 2 aromatic heterocycles. The summed E-state index contributed by atoms with van der Waals surface area (Å²) in [5.41, 5.74) is 3.71. The van der Waals surface area contributed by atoms with Gasteiger partial charge in [0.05, 0.1) is 31.2 Å². The third-order valence-electron chi connectivity index (χ3n) is 4.44. The number of nitrogens with one attached hydrogen (secondary N) is 1. The van der Waals surface area contributed by atoms with Gasteiger partial charge in [0.2, 0.25) is 0 Å². The summed E-state index contributed by atoms with van der Waals surface area (Å²) in [6.45, 7) is 0. The number of aromatic nitrogens is 2. The first-order valence-electron chi connectivity index (χ1n) is 8.75. The van der Waals surface area contributed by atoms with E-state index in [9.17, 15) is 4.79 Å². The molecule has 0 bridgehead atoms. The summed E-state index contributed by atoms with van der Waals surface area (Å²) in [4.78, 5) is 17.4. The second kappa shape index (κ2) is 7.44. The Morgan fingerprint density at radius 3 is 2.54 bits per heavy atom. The molecule has 0 unspecified atom stereocenters. The van der Waals surface area contributed by atoms with E-state index in [1.54, 1.807) is 44.7 Å². The topological polar surface area (TPSA) is 64.9 Å². The summed E-state index contributed by atoms with van der Waals surface area (Å²) in [6, 6.07) is 18.7. The molecule has 4 rings (SSSR count). The molecule has 0 fully saturated rings. The van der Waals surface area contributed by atoms with Crippen LogP contribution >= 0.6 is 0 Å². The van der Waals surface area contributed by atoms with Crippen molar-refractivity contribution in [3.05, 3.63) is 78.6 Å². The lowest BCUT2D eigenvalue weighted by Gasteiger charge is -2.12. The standard InChI is InChI=1S/C22H19N3O3/c1-27-17-9-10-20(28-2)18(12-17)24-22(26)16-8-11-21-23-19(14-25(21)13-16)15-6-4-3-5-7-15/h3-14H,1-2H3,(H,24,26). The third kappa shape index (κ3) is 3.40. The first-order chi connectivity index (χ1) is 13.7. The van der Waals surface area contributed by atoms with Gasteiger partial charge in [-0.05, 0) is 24.3 Å². The number of hydrogen-bond acceptors (Lipinski definition) is 4. The minimum atomic E-state index is -0.247. The van der Waals surface area contributed by atoms with E-state index >= 15 is 0 Å². The van der Waals surface area contributed by atoms with Crippen molar-refractivity contribution in [1.29, 1.82) is 0 Å². The summed E-state index contributed by atoms with van der Waals surface area (Å²) in [7, 11) is 3.13. The number of benzene rings is 2. The van der Waals surface area contributed by atoms with Crippen molar-refractivity contribution in [3.63, 3.8) is 0 Å². The SMILES string of the molecule is COc1ccc(OC)c(NC(=O)c2ccc3nc(-c4ccccc4)cn3c2)c1. The number of pyridine rings is 1. The van der Waals surface area contributed by atoms with Gasteiger partial charge in [-0.2, -0.15) is 0 Å². The van der Waals surface area contributed by atoms with Crippen molar-refractivity contribution in [2.45, 2.75) is 0 Å². The number of ether oxygens (including phenoxy) is 2. The van der Waals surface area contributed by atoms with E-state index in [0.717, 1.165) is 16.9 Å². The van der Waals surface area contributed by atoms with Gasteiger partial charge >= 0.3 is 0 Å². The molecule has 0 atom stereocenters. The van der Waals surface area contributed by atoms with Gasteiger partial charge in [0.25, 0.3) is 5.91 Å². The maximum atomic E-state index is 12.8. The van der Waals surface area contributed by atoms with Gasteiger partial charge in [-0.1, -0.05) is 30.3 Å². The second-order valence-electron chi connectivity index (χ2n) is 6.20. The monoisotopic (exact) mass is 373 g/mol. The van der Waals surface area contributed by atoms with E-state index < -0.39 is 0 Å². The first kappa shape index (κ1) is 17.6. The maximum Gasteiger partial charge on any atom is 0.257 e. The van der Waals surface area contributed by atoms with Crippen molar-refractivity contribution >= 4 is 17.2 Å². The smallest absolute Gasteiger partial charge is 0.257 e. The molecule has 1 N–H and O–H groups in total. The first-order valence-corrected chi connectivity index (χ1v) is 8.75. The Hall–Kier alpha value is -3.80. The van der Waals surface area contributed by atoms with E-state index in [-0.39, 0.29) is 5.91 Å². The fourth-order valence-corrected chi connectivity index (χ4v) is 2.98. The Labute approximate surface area is 162 Å². The summed E-state index contributed by atoms with van der Waals surface area (Å²) in [5.74, 6) is 0.946. The zero-order valence-electron chi connectivity index (χ0n) is 15.5. The molecular formula is C22H19N3O3. The molecule has 2 aromatic carbocycles. The quantitative estimate of drug-likeness (QED) is 0.567. The van der Waals surface area contributed by atoms with Gasteiger partial charge in [-0.15, -0.1) is 0 Å². The van der Waals surface area contributed by atoms with Crippen LogP contribution in [0.1, 0.15) is 10.4 Å². The molecule has 28 heavy (non-hydrogen) atoms. The van der Waals surface area contributed by atoms with Crippen LogP contribution in [0.25, 0.3) is 16.9 Å². The number of nitrogens with zero attached hydrogens (tertiary/aromatic N) is 2. The molecular weight excluding hydrogens is 354 g/mol. The summed E-state index contributed by atoms with van der Waals surface area (Å²) < 4.78 is 12.4. The molecule has 6 heteroatoms. The van der Waals surface area contributed by atoms with Crippen molar-refractivity contribution in [1.82, 2.24) is 9.38 Å². The van der Waals surface area contributed by atoms with Crippen LogP contribution in [0.5, 0.6) is 11.5 Å². The molecule has 0 saturated heterocycles. The Morgan fingerprint density at radius 2 is 1.79 bits per heavy atom. The number of carbonyl (C=O) groups is 1. The summed E-state index contributed by atoms with van der Waals surface area (Å²) >= 11 is 0. The Bertz CT molecular complexity index is 1140. The maximum absolute atomic E-state index is 12.8. The van der Waals surface area contributed by atoms with Crippen LogP contribution in [-0.4, -0.2) is 29.5 Å². The fraction of sp³-hybridized carbons (Fsp3) is 0.0909. The van der Waals surface area contributed by atoms with Gasteiger partial charge < -0.3 is 19.2 Å². The number of amides is 1. The Balaban J connectivity index is 1.63. The van der Waals surface area contributed by atoms with Gasteiger partial charge in [0.1, 0.15) is 17.1 Å². The lowest BCUT2D eigenvalue weighted by atomic mass is 10.2. The van der Waals surface area contributed by atoms with Gasteiger partial charge in [-0.25, -0.2) is 4.98 Å². The Kier molecular flexibility index (Phi) is 4.68. The van der Waals surface area contributed by atoms with Crippen LogP contribution in [-0.2, 0) is 0 Å². The van der Waals surface area contributed by atoms with Crippen molar-refractivity contribution in [2.75, 3.05) is 19.5 Å². The van der Waals surface area contributed by atoms with Gasteiger partial charge in [-0.3, -0.25) is 4.79 Å². The average Bonchev–Trinajstić information content (AvgIpc) is 3.17. The highest BCUT2D eigenvalue weighted by molar-refractivity contribution is 6.05. The van der Waals surface area contributed by atoms with E-state index in [2.05, 4.69) is 10.3 Å². The van der Waals surface area contributed by atoms with E-state index in [0.29, 0.717) is 22.7 Å². The predicted octanol–water partition coefficient (Wildman–Crippen LogP) is 4.27. The predicted molar refractivity (Wildman–Crippen MR) is 108 cm³/mol. The van der Waals surface area contributed by atoms with Crippen LogP contribution in [0, 0.1) is 0 Å². The average molecular weight is 373 g/mol. The minimum absolute atomic E-state index is 0.247. The highest BCUT2D eigenvalue weighted by Gasteiger charge is 2.13. The molecule has 6 nitrogen and oxygen atoms in total. The number of hydrogen-bond donors (Lipinski definition) is 1. The number of methoxy groups -OCH3 is 2. The molecule has 0 saturated carbocycles. The van der Waals surface area contributed by atoms with Crippen molar-refractivity contribution < 1.29 is 14.3 Å². The van der Waals surface area contributed by atoms with Crippen LogP contribution in [0.4, 0.5) is 5.69 Å². The molecule has 140 valence electrons. The van der Waals surface area contributed by atoms with Crippen LogP contribution < -0.4 is 14.8 Å². The number of anilines is 1. The van der Waals surface area contributed by atoms with Crippen LogP contribution in [0.3, 0.4) is 0 Å². The summed E-state index contributed by atoms with van der Waals surface area (Å²) in [6.07, 6.45) is 3.67. The highest BCUT2D eigenvalue weighted by atomic mass is 16.5. The number of fused-ring (bicyclic) bond motifs is 1. The van der Waals surface area contributed by atoms with E-state index in [1.807, 2.05) is 47.0 Å². The van der Waals surface area contributed by atoms with Crippen molar-refractivity contribution in [3.8, 4) is 22.8 Å². The number of imidazole rings is 1. The molecule has 4 aromatic rings. The Morgan fingerprint density at radius 1 is 0.964 bits per heavy atom. The normalized spacial score (nSPS) is 10.6. The molecule has 0 aliphatic carbocycles. The second-order valence-corrected chi connectivity index (χ2v) is 6.20. The lowest BCUT2D eigenvalue weighted by molar-refractivity contribution is 0.102. The third-order valence-corrected chi connectivity index (χ3v) is 4.44. The molecule has 0 radical (unpaired) electrons. The fourth-order valence-electron chi connectivity index (χ4n) is 2.98. The zero-order valence-corrected chi connectivity index (χ0v) is 15.5. The number of carbonyl (C=O) groups excluding carboxylic acids is 1. The van der Waals surface area contributed by atoms with Crippen LogP contribution in [0.15, 0.2) is 73.1 Å². The largest absolute Gasteiger partial charge is 0.497 e. The molecule has 1 amide bonds. The van der Waals surface area contributed by atoms with Crippen LogP contribution in [0.2, 0.25) is 0 Å². The highest BCUT2D eigenvalue weighted by Crippen LogP contribution is 2.29. The molecule has 2 heterocycles. The minimum Gasteiger partial charge on any atom is -0.497 e. The van der Waals surface area contributed by atoms with E-state index in [4.69, 9.17) is 9.47 Å². The molecule has 0 aliphatic rings. The molecule has 0 aliphatic heterocycles. The van der Waals surface area contributed by atoms with Gasteiger partial charge in [0.15, 0.2) is 0 Å². The summed E-state index contributed by atoms with van der Waals surface area (Å²) in [5, 5.41) is 2.88. The molecule has 0 spiro atoms. The zero-order chi connectivity index (χ0) is 19.5. The lowest BCUT2D eigenvalue weighted by Crippen LogP contribution is -2.13. The van der Waals surface area contributed by atoms with Crippen molar-refractivity contribution in [2.24, 2.45) is 0 Å². The number of rotatable bonds is 5.